The Kier molecular flexibility index (Phi) is 7.09. The summed E-state index contributed by atoms with van der Waals surface area (Å²) in [5, 5.41) is 21.7. The number of hydrogen-bond acceptors (Lipinski definition) is 4. The number of halogens is 2. The maximum Gasteiger partial charge on any atom is 0.289 e. The van der Waals surface area contributed by atoms with Crippen LogP contribution in [0.25, 0.3) is 0 Å². The number of benzene rings is 1. The Hall–Kier alpha value is -2.18. The van der Waals surface area contributed by atoms with Crippen molar-refractivity contribution in [2.75, 3.05) is 6.54 Å². The number of hydrogen-bond donors (Lipinski definition) is 2. The molecule has 29 heavy (non-hydrogen) atoms. The fraction of sp³-hybridized carbons (Fsp3) is 0.429. The zero-order valence-corrected chi connectivity index (χ0v) is 17.8. The maximum atomic E-state index is 12.9. The number of aliphatic hydroxyl groups excluding tert-OH is 1. The van der Waals surface area contributed by atoms with Crippen LogP contribution in [0.1, 0.15) is 50.6 Å². The molecule has 1 unspecified atom stereocenters. The highest BCUT2D eigenvalue weighted by molar-refractivity contribution is 6.35. The molecule has 1 aromatic carbocycles. The van der Waals surface area contributed by atoms with Gasteiger partial charge in [-0.15, -0.1) is 0 Å². The number of carbonyl (C=O) groups is 1. The number of aliphatic hydroxyl groups is 1. The molecule has 0 aliphatic carbocycles. The van der Waals surface area contributed by atoms with E-state index in [1.54, 1.807) is 23.5 Å². The predicted octanol–water partition coefficient (Wildman–Crippen LogP) is 5.26. The summed E-state index contributed by atoms with van der Waals surface area (Å²) in [7, 11) is 0. The van der Waals surface area contributed by atoms with Crippen LogP contribution in [0, 0.1) is 0 Å². The van der Waals surface area contributed by atoms with Crippen molar-refractivity contribution < 1.29 is 15.0 Å². The Labute approximate surface area is 180 Å². The van der Waals surface area contributed by atoms with Gasteiger partial charge in [-0.25, -0.2) is 4.98 Å². The second kappa shape index (κ2) is 9.55. The summed E-state index contributed by atoms with van der Waals surface area (Å²) in [6.45, 7) is 3.19. The number of aromatic hydroxyl groups is 1. The van der Waals surface area contributed by atoms with Crippen LogP contribution in [0.4, 0.5) is 0 Å². The molecule has 2 aromatic rings. The van der Waals surface area contributed by atoms with E-state index < -0.39 is 11.9 Å². The van der Waals surface area contributed by atoms with Gasteiger partial charge in [0.25, 0.3) is 5.91 Å². The first-order chi connectivity index (χ1) is 13.9. The molecule has 3 rings (SSSR count). The minimum atomic E-state index is -0.585. The summed E-state index contributed by atoms with van der Waals surface area (Å²) in [6.07, 6.45) is 9.37. The number of aryl methyl sites for hydroxylation is 1. The van der Waals surface area contributed by atoms with E-state index in [1.165, 1.54) is 6.07 Å². The monoisotopic (exact) mass is 437 g/mol. The Morgan fingerprint density at radius 1 is 1.14 bits per heavy atom. The molecule has 0 saturated carbocycles. The Bertz CT molecular complexity index is 897. The second-order valence-electron chi connectivity index (χ2n) is 7.21. The van der Waals surface area contributed by atoms with E-state index in [0.29, 0.717) is 42.1 Å². The molecular formula is C21H25Cl2N3O3. The molecule has 0 saturated heterocycles. The number of aromatic nitrogens is 2. The van der Waals surface area contributed by atoms with E-state index in [4.69, 9.17) is 23.2 Å². The van der Waals surface area contributed by atoms with Gasteiger partial charge in [0.2, 0.25) is 0 Å². The number of carbonyl (C=O) groups excluding carboxylic acids is 1. The number of rotatable bonds is 9. The molecule has 2 heterocycles. The summed E-state index contributed by atoms with van der Waals surface area (Å²) in [4.78, 5) is 18.5. The molecular weight excluding hydrogens is 413 g/mol. The van der Waals surface area contributed by atoms with Crippen molar-refractivity contribution >= 4 is 29.1 Å². The lowest BCUT2D eigenvalue weighted by Gasteiger charge is -2.28. The molecule has 0 radical (unpaired) electrons. The van der Waals surface area contributed by atoms with Crippen LogP contribution in [-0.4, -0.2) is 37.1 Å². The third kappa shape index (κ3) is 4.70. The smallest absolute Gasteiger partial charge is 0.289 e. The van der Waals surface area contributed by atoms with Crippen molar-refractivity contribution in [1.82, 2.24) is 14.5 Å². The van der Waals surface area contributed by atoms with Gasteiger partial charge in [0.15, 0.2) is 5.76 Å². The van der Waals surface area contributed by atoms with Gasteiger partial charge in [0, 0.05) is 41.6 Å². The molecule has 2 N–H and O–H groups in total. The molecule has 1 aromatic heterocycles. The van der Waals surface area contributed by atoms with Crippen molar-refractivity contribution in [3.63, 3.8) is 0 Å². The van der Waals surface area contributed by atoms with Crippen LogP contribution in [-0.2, 0) is 11.3 Å². The van der Waals surface area contributed by atoms with E-state index >= 15 is 0 Å². The number of phenolic OH excluding ortho intramolecular Hbond substituents is 1. The van der Waals surface area contributed by atoms with Crippen molar-refractivity contribution in [2.45, 2.75) is 51.6 Å². The minimum Gasteiger partial charge on any atom is -0.506 e. The Balaban J connectivity index is 1.90. The lowest BCUT2D eigenvalue weighted by Crippen LogP contribution is -2.32. The summed E-state index contributed by atoms with van der Waals surface area (Å²) < 4.78 is 1.93. The van der Waals surface area contributed by atoms with Crippen LogP contribution in [0.15, 0.2) is 42.2 Å². The molecule has 1 aliphatic rings. The fourth-order valence-corrected chi connectivity index (χ4v) is 4.26. The van der Waals surface area contributed by atoms with Gasteiger partial charge in [-0.1, -0.05) is 43.0 Å². The molecule has 1 amide bonds. The van der Waals surface area contributed by atoms with Gasteiger partial charge >= 0.3 is 0 Å². The average molecular weight is 438 g/mol. The normalized spacial score (nSPS) is 16.9. The van der Waals surface area contributed by atoms with Crippen LogP contribution in [0.2, 0.25) is 10.0 Å². The molecule has 8 heteroatoms. The predicted molar refractivity (Wildman–Crippen MR) is 113 cm³/mol. The molecule has 0 spiro atoms. The number of unbranched alkanes of at least 4 members (excludes halogenated alkanes) is 2. The van der Waals surface area contributed by atoms with Crippen LogP contribution < -0.4 is 0 Å². The minimum absolute atomic E-state index is 0.115. The highest BCUT2D eigenvalue weighted by Gasteiger charge is 2.41. The number of imidazole rings is 1. The average Bonchev–Trinajstić information content (AvgIpc) is 3.28. The van der Waals surface area contributed by atoms with Gasteiger partial charge < -0.3 is 19.7 Å². The maximum absolute atomic E-state index is 12.9. The lowest BCUT2D eigenvalue weighted by molar-refractivity contribution is -0.129. The van der Waals surface area contributed by atoms with Gasteiger partial charge in [0.1, 0.15) is 5.75 Å². The first-order valence-electron chi connectivity index (χ1n) is 9.80. The molecule has 6 nitrogen and oxygen atoms in total. The molecule has 0 bridgehead atoms. The largest absolute Gasteiger partial charge is 0.506 e. The quantitative estimate of drug-likeness (QED) is 0.524. The van der Waals surface area contributed by atoms with E-state index in [1.807, 2.05) is 10.8 Å². The van der Waals surface area contributed by atoms with E-state index in [-0.39, 0.29) is 16.5 Å². The van der Waals surface area contributed by atoms with Crippen LogP contribution in [0.3, 0.4) is 0 Å². The second-order valence-corrected chi connectivity index (χ2v) is 8.06. The first kappa shape index (κ1) is 21.5. The van der Waals surface area contributed by atoms with Gasteiger partial charge in [-0.3, -0.25) is 4.79 Å². The van der Waals surface area contributed by atoms with E-state index in [0.717, 1.165) is 19.3 Å². The van der Waals surface area contributed by atoms with Gasteiger partial charge in [-0.05, 0) is 31.4 Å². The molecule has 1 aliphatic heterocycles. The van der Waals surface area contributed by atoms with E-state index in [9.17, 15) is 15.0 Å². The SMILES string of the molecule is CCCCCC1=C(O)C(=O)N(CCCn2ccnc2)C1c1cc(Cl)cc(Cl)c1O. The van der Waals surface area contributed by atoms with Crippen molar-refractivity contribution in [3.05, 3.63) is 57.8 Å². The zero-order chi connectivity index (χ0) is 21.0. The summed E-state index contributed by atoms with van der Waals surface area (Å²) in [6, 6.07) is 2.49. The number of nitrogens with zero attached hydrogens (tertiary/aromatic N) is 3. The van der Waals surface area contributed by atoms with Crippen molar-refractivity contribution in [2.24, 2.45) is 0 Å². The number of amides is 1. The van der Waals surface area contributed by atoms with Gasteiger partial charge in [-0.2, -0.15) is 0 Å². The van der Waals surface area contributed by atoms with Crippen LogP contribution in [0.5, 0.6) is 5.75 Å². The van der Waals surface area contributed by atoms with E-state index in [2.05, 4.69) is 11.9 Å². The molecule has 1 atom stereocenters. The van der Waals surface area contributed by atoms with Crippen molar-refractivity contribution in [1.29, 1.82) is 0 Å². The Morgan fingerprint density at radius 2 is 1.93 bits per heavy atom. The molecule has 156 valence electrons. The third-order valence-electron chi connectivity index (χ3n) is 5.19. The zero-order valence-electron chi connectivity index (χ0n) is 16.3. The summed E-state index contributed by atoms with van der Waals surface area (Å²) in [5.41, 5.74) is 1.05. The standard InChI is InChI=1S/C21H25Cl2N3O3/c1-2-3-4-6-15-18(16-11-14(22)12-17(23)19(16)27)26(21(29)20(15)28)9-5-8-25-10-7-24-13-25/h7,10-13,18,27-28H,2-6,8-9H2,1H3. The first-order valence-corrected chi connectivity index (χ1v) is 10.6. The van der Waals surface area contributed by atoms with Gasteiger partial charge in [0.05, 0.1) is 17.4 Å². The Morgan fingerprint density at radius 3 is 2.62 bits per heavy atom. The molecule has 0 fully saturated rings. The van der Waals surface area contributed by atoms with Crippen molar-refractivity contribution in [3.8, 4) is 5.75 Å². The topological polar surface area (TPSA) is 78.6 Å². The highest BCUT2D eigenvalue weighted by atomic mass is 35.5. The summed E-state index contributed by atoms with van der Waals surface area (Å²) in [5.74, 6) is -0.775. The summed E-state index contributed by atoms with van der Waals surface area (Å²) >= 11 is 12.3. The fourth-order valence-electron chi connectivity index (χ4n) is 3.75. The highest BCUT2D eigenvalue weighted by Crippen LogP contribution is 2.45. The van der Waals surface area contributed by atoms with Crippen LogP contribution >= 0.6 is 23.2 Å². The lowest BCUT2D eigenvalue weighted by atomic mass is 9.94. The number of phenols is 1. The third-order valence-corrected chi connectivity index (χ3v) is 5.69.